The van der Waals surface area contributed by atoms with E-state index in [1.165, 1.54) is 16.7 Å². The minimum atomic E-state index is 0.598. The summed E-state index contributed by atoms with van der Waals surface area (Å²) in [5.74, 6) is 1.69. The highest BCUT2D eigenvalue weighted by molar-refractivity contribution is 5.82. The molecule has 0 atom stereocenters. The van der Waals surface area contributed by atoms with E-state index in [1.807, 2.05) is 18.2 Å². The number of guanidine groups is 1. The Morgan fingerprint density at radius 3 is 2.48 bits per heavy atom. The van der Waals surface area contributed by atoms with E-state index >= 15 is 0 Å². The number of benzene rings is 2. The maximum Gasteiger partial charge on any atom is 0.191 e. The van der Waals surface area contributed by atoms with Crippen molar-refractivity contribution in [2.24, 2.45) is 4.99 Å². The van der Waals surface area contributed by atoms with Gasteiger partial charge in [-0.15, -0.1) is 0 Å². The minimum Gasteiger partial charge on any atom is -0.459 e. The normalized spacial score (nSPS) is 12.0. The van der Waals surface area contributed by atoms with E-state index in [-0.39, 0.29) is 0 Å². The summed E-state index contributed by atoms with van der Waals surface area (Å²) < 4.78 is 5.96. The predicted octanol–water partition coefficient (Wildman–Crippen LogP) is 3.67. The quantitative estimate of drug-likeness (QED) is 0.518. The van der Waals surface area contributed by atoms with Gasteiger partial charge in [-0.1, -0.05) is 42.5 Å². The summed E-state index contributed by atoms with van der Waals surface area (Å²) in [5.41, 5.74) is 4.63. The third-order valence-electron chi connectivity index (χ3n) is 4.53. The fourth-order valence-electron chi connectivity index (χ4n) is 3.17. The molecule has 2 aromatic carbocycles. The molecule has 5 nitrogen and oxygen atoms in total. The molecular formula is C22H28N4O. The van der Waals surface area contributed by atoms with Gasteiger partial charge in [-0.05, 0) is 38.2 Å². The molecule has 142 valence electrons. The van der Waals surface area contributed by atoms with E-state index in [1.54, 1.807) is 7.05 Å². The molecule has 27 heavy (non-hydrogen) atoms. The van der Waals surface area contributed by atoms with Crippen molar-refractivity contribution in [3.05, 3.63) is 71.0 Å². The Kier molecular flexibility index (Phi) is 6.14. The minimum absolute atomic E-state index is 0.598. The van der Waals surface area contributed by atoms with Crippen LogP contribution < -0.4 is 10.6 Å². The molecule has 1 aromatic heterocycles. The molecule has 2 N–H and O–H groups in total. The SMILES string of the molecule is CN=C(NCc1cccc(CN(C)C)c1)NCc1oc2ccccc2c1C. The van der Waals surface area contributed by atoms with Gasteiger partial charge in [0, 0.05) is 31.1 Å². The van der Waals surface area contributed by atoms with Gasteiger partial charge in [0.05, 0.1) is 6.54 Å². The number of aliphatic imine (C=N–C) groups is 1. The van der Waals surface area contributed by atoms with Gasteiger partial charge in [-0.3, -0.25) is 4.99 Å². The van der Waals surface area contributed by atoms with Crippen molar-refractivity contribution >= 4 is 16.9 Å². The van der Waals surface area contributed by atoms with E-state index in [9.17, 15) is 0 Å². The third kappa shape index (κ3) is 4.89. The summed E-state index contributed by atoms with van der Waals surface area (Å²) in [6, 6.07) is 16.7. The molecule has 0 saturated heterocycles. The number of aryl methyl sites for hydroxylation is 1. The summed E-state index contributed by atoms with van der Waals surface area (Å²) >= 11 is 0. The van der Waals surface area contributed by atoms with Crippen molar-refractivity contribution in [3.8, 4) is 0 Å². The lowest BCUT2D eigenvalue weighted by atomic mass is 10.1. The third-order valence-corrected chi connectivity index (χ3v) is 4.53. The van der Waals surface area contributed by atoms with Crippen molar-refractivity contribution in [2.75, 3.05) is 21.1 Å². The lowest BCUT2D eigenvalue weighted by Gasteiger charge is -2.13. The van der Waals surface area contributed by atoms with Crippen LogP contribution in [0.1, 0.15) is 22.5 Å². The standard InChI is InChI=1S/C22H28N4O/c1-16-19-10-5-6-11-20(19)27-21(16)14-25-22(23-2)24-13-17-8-7-9-18(12-17)15-26(3)4/h5-12H,13-15H2,1-4H3,(H2,23,24,25). The van der Waals surface area contributed by atoms with Gasteiger partial charge in [0.15, 0.2) is 5.96 Å². The van der Waals surface area contributed by atoms with E-state index in [0.717, 1.165) is 35.8 Å². The van der Waals surface area contributed by atoms with E-state index in [2.05, 4.69) is 71.9 Å². The Bertz CT molecular complexity index is 927. The lowest BCUT2D eigenvalue weighted by Crippen LogP contribution is -2.36. The first-order valence-corrected chi connectivity index (χ1v) is 9.21. The van der Waals surface area contributed by atoms with Crippen LogP contribution in [0.3, 0.4) is 0 Å². The van der Waals surface area contributed by atoms with Crippen LogP contribution in [-0.2, 0) is 19.6 Å². The van der Waals surface area contributed by atoms with Gasteiger partial charge in [-0.25, -0.2) is 0 Å². The van der Waals surface area contributed by atoms with Crippen LogP contribution in [-0.4, -0.2) is 32.0 Å². The van der Waals surface area contributed by atoms with Crippen molar-refractivity contribution < 1.29 is 4.42 Å². The van der Waals surface area contributed by atoms with Gasteiger partial charge in [-0.2, -0.15) is 0 Å². The summed E-state index contributed by atoms with van der Waals surface area (Å²) in [6.07, 6.45) is 0. The van der Waals surface area contributed by atoms with Gasteiger partial charge in [0.2, 0.25) is 0 Å². The highest BCUT2D eigenvalue weighted by Crippen LogP contribution is 2.24. The first-order valence-electron chi connectivity index (χ1n) is 9.21. The van der Waals surface area contributed by atoms with Crippen LogP contribution in [0, 0.1) is 6.92 Å². The van der Waals surface area contributed by atoms with Crippen molar-refractivity contribution in [2.45, 2.75) is 26.6 Å². The Hall–Kier alpha value is -2.79. The number of rotatable bonds is 6. The first-order chi connectivity index (χ1) is 13.1. The van der Waals surface area contributed by atoms with Crippen LogP contribution >= 0.6 is 0 Å². The monoisotopic (exact) mass is 364 g/mol. The predicted molar refractivity (Wildman–Crippen MR) is 112 cm³/mol. The summed E-state index contributed by atoms with van der Waals surface area (Å²) in [4.78, 5) is 6.49. The smallest absolute Gasteiger partial charge is 0.191 e. The molecular weight excluding hydrogens is 336 g/mol. The number of hydrogen-bond donors (Lipinski definition) is 2. The molecule has 0 bridgehead atoms. The molecule has 3 aromatic rings. The molecule has 0 unspecified atom stereocenters. The van der Waals surface area contributed by atoms with E-state index < -0.39 is 0 Å². The Morgan fingerprint density at radius 1 is 1.00 bits per heavy atom. The number of furan rings is 1. The molecule has 1 heterocycles. The van der Waals surface area contributed by atoms with Crippen LogP contribution in [0.4, 0.5) is 0 Å². The Morgan fingerprint density at radius 2 is 1.74 bits per heavy atom. The molecule has 3 rings (SSSR count). The van der Waals surface area contributed by atoms with Crippen molar-refractivity contribution in [3.63, 3.8) is 0 Å². The second-order valence-electron chi connectivity index (χ2n) is 6.98. The average molecular weight is 364 g/mol. The number of nitrogens with one attached hydrogen (secondary N) is 2. The Labute approximate surface area is 161 Å². The van der Waals surface area contributed by atoms with Crippen molar-refractivity contribution in [1.29, 1.82) is 0 Å². The van der Waals surface area contributed by atoms with Gasteiger partial charge in [0.25, 0.3) is 0 Å². The topological polar surface area (TPSA) is 52.8 Å². The molecule has 5 heteroatoms. The zero-order valence-corrected chi connectivity index (χ0v) is 16.5. The average Bonchev–Trinajstić information content (AvgIpc) is 2.98. The number of nitrogens with zero attached hydrogens (tertiary/aromatic N) is 2. The molecule has 0 radical (unpaired) electrons. The highest BCUT2D eigenvalue weighted by atomic mass is 16.3. The Balaban J connectivity index is 1.59. The van der Waals surface area contributed by atoms with E-state index in [0.29, 0.717) is 6.54 Å². The number of para-hydroxylation sites is 1. The zero-order chi connectivity index (χ0) is 19.2. The fourth-order valence-corrected chi connectivity index (χ4v) is 3.17. The number of hydrogen-bond acceptors (Lipinski definition) is 3. The lowest BCUT2D eigenvalue weighted by molar-refractivity contribution is 0.402. The molecule has 0 aliphatic heterocycles. The second-order valence-corrected chi connectivity index (χ2v) is 6.98. The van der Waals surface area contributed by atoms with Crippen LogP contribution in [0.25, 0.3) is 11.0 Å². The molecule has 0 spiro atoms. The maximum atomic E-state index is 5.96. The molecule has 0 saturated carbocycles. The zero-order valence-electron chi connectivity index (χ0n) is 16.5. The van der Waals surface area contributed by atoms with Crippen molar-refractivity contribution in [1.82, 2.24) is 15.5 Å². The summed E-state index contributed by atoms with van der Waals surface area (Å²) in [7, 11) is 5.94. The summed E-state index contributed by atoms with van der Waals surface area (Å²) in [5, 5.41) is 7.88. The molecule has 0 aliphatic carbocycles. The van der Waals surface area contributed by atoms with Gasteiger partial charge >= 0.3 is 0 Å². The second kappa shape index (κ2) is 8.73. The van der Waals surface area contributed by atoms with E-state index in [4.69, 9.17) is 4.42 Å². The highest BCUT2D eigenvalue weighted by Gasteiger charge is 2.10. The largest absolute Gasteiger partial charge is 0.459 e. The van der Waals surface area contributed by atoms with Crippen LogP contribution in [0.2, 0.25) is 0 Å². The fraction of sp³-hybridized carbons (Fsp3) is 0.318. The maximum absolute atomic E-state index is 5.96. The van der Waals surface area contributed by atoms with Crippen LogP contribution in [0.5, 0.6) is 0 Å². The molecule has 0 aliphatic rings. The number of fused-ring (bicyclic) bond motifs is 1. The van der Waals surface area contributed by atoms with Crippen LogP contribution in [0.15, 0.2) is 57.9 Å². The van der Waals surface area contributed by atoms with Gasteiger partial charge < -0.3 is 20.0 Å². The molecule has 0 amide bonds. The molecule has 0 fully saturated rings. The first kappa shape index (κ1) is 19.0. The summed E-state index contributed by atoms with van der Waals surface area (Å²) in [6.45, 7) is 4.35. The van der Waals surface area contributed by atoms with Gasteiger partial charge in [0.1, 0.15) is 11.3 Å².